The first-order valence-corrected chi connectivity index (χ1v) is 10.6. The number of rotatable bonds is 8. The molecule has 31 heavy (non-hydrogen) atoms. The van der Waals surface area contributed by atoms with Crippen LogP contribution < -0.4 is 10.2 Å². The van der Waals surface area contributed by atoms with Crippen molar-refractivity contribution in [3.8, 4) is 0 Å². The summed E-state index contributed by atoms with van der Waals surface area (Å²) in [5, 5.41) is 12.5. The number of carbonyl (C=O) groups excluding carboxylic acids is 2. The Morgan fingerprint density at radius 1 is 1.03 bits per heavy atom. The maximum absolute atomic E-state index is 12.6. The number of piperidine rings is 1. The largest absolute Gasteiger partial charge is 0.479 e. The molecule has 3 rings (SSSR count). The molecule has 0 aromatic heterocycles. The minimum absolute atomic E-state index is 0.0127. The second kappa shape index (κ2) is 10.6. The molecule has 164 valence electrons. The molecule has 1 heterocycles. The van der Waals surface area contributed by atoms with E-state index in [1.165, 1.54) is 6.42 Å². The normalized spacial score (nSPS) is 14.5. The monoisotopic (exact) mass is 424 g/mol. The van der Waals surface area contributed by atoms with Gasteiger partial charge >= 0.3 is 11.9 Å². The summed E-state index contributed by atoms with van der Waals surface area (Å²) in [6.07, 6.45) is 3.33. The maximum Gasteiger partial charge on any atom is 0.338 e. The molecule has 1 fully saturated rings. The third kappa shape index (κ3) is 5.84. The number of hydrogen-bond donors (Lipinski definition) is 2. The fourth-order valence-electron chi connectivity index (χ4n) is 3.80. The summed E-state index contributed by atoms with van der Waals surface area (Å²) >= 11 is 0. The Morgan fingerprint density at radius 3 is 2.35 bits per heavy atom. The van der Waals surface area contributed by atoms with E-state index in [0.717, 1.165) is 31.6 Å². The Labute approximate surface area is 182 Å². The number of benzene rings is 2. The second-order valence-electron chi connectivity index (χ2n) is 7.54. The minimum Gasteiger partial charge on any atom is -0.479 e. The van der Waals surface area contributed by atoms with E-state index >= 15 is 0 Å². The summed E-state index contributed by atoms with van der Waals surface area (Å²) in [4.78, 5) is 38.6. The van der Waals surface area contributed by atoms with Gasteiger partial charge in [0, 0.05) is 24.3 Å². The summed E-state index contributed by atoms with van der Waals surface area (Å²) in [5.41, 5.74) is 2.53. The molecule has 2 aromatic carbocycles. The highest BCUT2D eigenvalue weighted by atomic mass is 16.5. The zero-order valence-electron chi connectivity index (χ0n) is 17.7. The lowest BCUT2D eigenvalue weighted by molar-refractivity contribution is -0.141. The van der Waals surface area contributed by atoms with E-state index in [4.69, 9.17) is 4.74 Å². The molecule has 1 unspecified atom stereocenters. The van der Waals surface area contributed by atoms with Crippen LogP contribution in [0, 0.1) is 0 Å². The molecule has 2 aromatic rings. The molecule has 1 saturated heterocycles. The second-order valence-corrected chi connectivity index (χ2v) is 7.54. The highest BCUT2D eigenvalue weighted by molar-refractivity contribution is 5.90. The number of ether oxygens (including phenoxy) is 1. The summed E-state index contributed by atoms with van der Waals surface area (Å²) in [6.45, 7) is 3.78. The molecule has 1 aliphatic rings. The van der Waals surface area contributed by atoms with Crippen LogP contribution >= 0.6 is 0 Å². The molecule has 7 heteroatoms. The zero-order valence-corrected chi connectivity index (χ0v) is 17.7. The molecule has 0 aliphatic carbocycles. The van der Waals surface area contributed by atoms with Gasteiger partial charge in [-0.1, -0.05) is 30.3 Å². The number of hydrogen-bond acceptors (Lipinski definition) is 5. The van der Waals surface area contributed by atoms with Crippen molar-refractivity contribution in [3.05, 3.63) is 65.2 Å². The first-order valence-electron chi connectivity index (χ1n) is 10.6. The van der Waals surface area contributed by atoms with Crippen molar-refractivity contribution in [2.45, 2.75) is 38.6 Å². The Kier molecular flexibility index (Phi) is 7.65. The lowest BCUT2D eigenvalue weighted by Gasteiger charge is -2.32. The lowest BCUT2D eigenvalue weighted by Crippen LogP contribution is -2.37. The van der Waals surface area contributed by atoms with Gasteiger partial charge in [-0.15, -0.1) is 0 Å². The van der Waals surface area contributed by atoms with Gasteiger partial charge in [0.05, 0.1) is 18.6 Å². The van der Waals surface area contributed by atoms with Crippen LogP contribution in [0.25, 0.3) is 0 Å². The molecule has 1 amide bonds. The van der Waals surface area contributed by atoms with E-state index in [9.17, 15) is 19.5 Å². The fourth-order valence-corrected chi connectivity index (χ4v) is 3.80. The predicted octanol–water partition coefficient (Wildman–Crippen LogP) is 3.34. The number of carbonyl (C=O) groups is 3. The average Bonchev–Trinajstić information content (AvgIpc) is 2.78. The number of nitrogens with one attached hydrogen (secondary N) is 1. The molecule has 1 atom stereocenters. The van der Waals surface area contributed by atoms with Gasteiger partial charge < -0.3 is 20.1 Å². The van der Waals surface area contributed by atoms with Crippen LogP contribution in [0.4, 0.5) is 5.69 Å². The summed E-state index contributed by atoms with van der Waals surface area (Å²) in [6, 6.07) is 12.8. The average molecular weight is 424 g/mol. The Hall–Kier alpha value is -3.35. The van der Waals surface area contributed by atoms with Gasteiger partial charge in [-0.25, -0.2) is 9.59 Å². The lowest BCUT2D eigenvalue weighted by atomic mass is 10.0. The fraction of sp³-hybridized carbons (Fsp3) is 0.375. The van der Waals surface area contributed by atoms with Gasteiger partial charge in [-0.2, -0.15) is 0 Å². The first-order chi connectivity index (χ1) is 15.0. The highest BCUT2D eigenvalue weighted by Gasteiger charge is 2.27. The number of anilines is 1. The molecule has 0 radical (unpaired) electrons. The number of esters is 1. The van der Waals surface area contributed by atoms with Crippen molar-refractivity contribution in [3.63, 3.8) is 0 Å². The van der Waals surface area contributed by atoms with Crippen molar-refractivity contribution in [2.75, 3.05) is 24.6 Å². The van der Waals surface area contributed by atoms with E-state index < -0.39 is 23.9 Å². The molecule has 1 aliphatic heterocycles. The summed E-state index contributed by atoms with van der Waals surface area (Å²) in [5.74, 6) is -1.92. The quantitative estimate of drug-likeness (QED) is 0.631. The molecule has 0 bridgehead atoms. The van der Waals surface area contributed by atoms with Gasteiger partial charge in [0.25, 0.3) is 0 Å². The van der Waals surface area contributed by atoms with Crippen LogP contribution in [-0.4, -0.2) is 42.6 Å². The van der Waals surface area contributed by atoms with Gasteiger partial charge in [-0.05, 0) is 49.9 Å². The van der Waals surface area contributed by atoms with Gasteiger partial charge in [0.1, 0.15) is 0 Å². The number of carboxylic acids is 1. The van der Waals surface area contributed by atoms with E-state index in [1.54, 1.807) is 43.3 Å². The van der Waals surface area contributed by atoms with Gasteiger partial charge in [0.2, 0.25) is 5.91 Å². The maximum atomic E-state index is 12.6. The summed E-state index contributed by atoms with van der Waals surface area (Å²) < 4.78 is 4.95. The standard InChI is InChI=1S/C24H28N2O5/c1-2-31-24(30)18-12-10-17(11-13-18)16-21(27)25-22(23(28)29)19-8-4-5-9-20(19)26-14-6-3-7-15-26/h4-5,8-13,22H,2-3,6-7,14-16H2,1H3,(H,25,27)(H,28,29). The molecule has 0 spiro atoms. The first kappa shape index (κ1) is 22.3. The van der Waals surface area contributed by atoms with Crippen molar-refractivity contribution in [1.29, 1.82) is 0 Å². The van der Waals surface area contributed by atoms with Crippen molar-refractivity contribution in [1.82, 2.24) is 5.32 Å². The molecule has 0 saturated carbocycles. The van der Waals surface area contributed by atoms with E-state index in [-0.39, 0.29) is 6.42 Å². The van der Waals surface area contributed by atoms with Crippen LogP contribution in [0.1, 0.15) is 53.7 Å². The van der Waals surface area contributed by atoms with E-state index in [2.05, 4.69) is 10.2 Å². The third-order valence-electron chi connectivity index (χ3n) is 5.33. The van der Waals surface area contributed by atoms with E-state index in [1.807, 2.05) is 12.1 Å². The zero-order chi connectivity index (χ0) is 22.2. The number of carboxylic acid groups (broad SMARTS) is 1. The van der Waals surface area contributed by atoms with E-state index in [0.29, 0.717) is 23.3 Å². The van der Waals surface area contributed by atoms with Crippen molar-refractivity contribution in [2.24, 2.45) is 0 Å². The molecule has 2 N–H and O–H groups in total. The Balaban J connectivity index is 1.71. The smallest absolute Gasteiger partial charge is 0.338 e. The number of para-hydroxylation sites is 1. The topological polar surface area (TPSA) is 95.9 Å². The van der Waals surface area contributed by atoms with Crippen LogP contribution in [0.2, 0.25) is 0 Å². The Bertz CT molecular complexity index is 920. The Morgan fingerprint density at radius 2 is 1.71 bits per heavy atom. The van der Waals surface area contributed by atoms with Crippen molar-refractivity contribution >= 4 is 23.5 Å². The number of nitrogens with zero attached hydrogens (tertiary/aromatic N) is 1. The van der Waals surface area contributed by atoms with Gasteiger partial charge in [-0.3, -0.25) is 4.79 Å². The SMILES string of the molecule is CCOC(=O)c1ccc(CC(=O)NC(C(=O)O)c2ccccc2N2CCCCC2)cc1. The predicted molar refractivity (Wildman–Crippen MR) is 117 cm³/mol. The number of amides is 1. The van der Waals surface area contributed by atoms with Crippen LogP contribution in [0.5, 0.6) is 0 Å². The summed E-state index contributed by atoms with van der Waals surface area (Å²) in [7, 11) is 0. The molecular weight excluding hydrogens is 396 g/mol. The number of aliphatic carboxylic acids is 1. The third-order valence-corrected chi connectivity index (χ3v) is 5.33. The van der Waals surface area contributed by atoms with Gasteiger partial charge in [0.15, 0.2) is 6.04 Å². The van der Waals surface area contributed by atoms with Crippen LogP contribution in [0.3, 0.4) is 0 Å². The van der Waals surface area contributed by atoms with Crippen LogP contribution in [-0.2, 0) is 20.7 Å². The molecular formula is C24H28N2O5. The molecule has 7 nitrogen and oxygen atoms in total. The van der Waals surface area contributed by atoms with Crippen LogP contribution in [0.15, 0.2) is 48.5 Å². The minimum atomic E-state index is -1.13. The highest BCUT2D eigenvalue weighted by Crippen LogP contribution is 2.29. The van der Waals surface area contributed by atoms with Crippen molar-refractivity contribution < 1.29 is 24.2 Å².